The molecule has 0 aromatic carbocycles. The average molecular weight is 256 g/mol. The fourth-order valence-electron chi connectivity index (χ4n) is 2.43. The van der Waals surface area contributed by atoms with Gasteiger partial charge in [-0.3, -0.25) is 4.79 Å². The summed E-state index contributed by atoms with van der Waals surface area (Å²) in [4.78, 5) is 24.7. The highest BCUT2D eigenvalue weighted by molar-refractivity contribution is 5.83. The largest absolute Gasteiger partial charge is 0.480 e. The summed E-state index contributed by atoms with van der Waals surface area (Å²) >= 11 is 0. The Morgan fingerprint density at radius 2 is 2.11 bits per heavy atom. The second-order valence-corrected chi connectivity index (χ2v) is 5.16. The maximum atomic E-state index is 12.1. The van der Waals surface area contributed by atoms with Gasteiger partial charge in [0, 0.05) is 13.0 Å². The van der Waals surface area contributed by atoms with Crippen LogP contribution in [-0.2, 0) is 9.59 Å². The molecule has 3 N–H and O–H groups in total. The van der Waals surface area contributed by atoms with E-state index in [9.17, 15) is 9.59 Å². The number of rotatable bonds is 6. The van der Waals surface area contributed by atoms with Crippen molar-refractivity contribution in [2.45, 2.75) is 51.5 Å². The molecule has 1 saturated heterocycles. The summed E-state index contributed by atoms with van der Waals surface area (Å²) in [5.41, 5.74) is 5.47. The van der Waals surface area contributed by atoms with Crippen LogP contribution in [0.4, 0.5) is 0 Å². The lowest BCUT2D eigenvalue weighted by Crippen LogP contribution is -2.48. The summed E-state index contributed by atoms with van der Waals surface area (Å²) in [6.07, 6.45) is 4.52. The van der Waals surface area contributed by atoms with Crippen molar-refractivity contribution in [2.75, 3.05) is 13.1 Å². The highest BCUT2D eigenvalue weighted by Crippen LogP contribution is 2.20. The number of nitrogens with zero attached hydrogens (tertiary/aromatic N) is 1. The van der Waals surface area contributed by atoms with Crippen LogP contribution in [0, 0.1) is 5.92 Å². The summed E-state index contributed by atoms with van der Waals surface area (Å²) in [6.45, 7) is 3.29. The van der Waals surface area contributed by atoms with Crippen molar-refractivity contribution in [1.29, 1.82) is 0 Å². The first kappa shape index (κ1) is 15.0. The molecule has 0 aromatic heterocycles. The van der Waals surface area contributed by atoms with Crippen molar-refractivity contribution in [3.05, 3.63) is 0 Å². The van der Waals surface area contributed by atoms with E-state index in [1.165, 1.54) is 0 Å². The van der Waals surface area contributed by atoms with Crippen molar-refractivity contribution >= 4 is 11.9 Å². The van der Waals surface area contributed by atoms with Crippen LogP contribution in [0.25, 0.3) is 0 Å². The first-order valence-electron chi connectivity index (χ1n) is 6.78. The van der Waals surface area contributed by atoms with E-state index in [0.717, 1.165) is 25.7 Å². The van der Waals surface area contributed by atoms with E-state index in [1.807, 2.05) is 0 Å². The molecule has 0 bridgehead atoms. The summed E-state index contributed by atoms with van der Waals surface area (Å²) in [5, 5.41) is 9.11. The Morgan fingerprint density at radius 1 is 1.39 bits per heavy atom. The highest BCUT2D eigenvalue weighted by atomic mass is 16.4. The smallest absolute Gasteiger partial charge is 0.326 e. The van der Waals surface area contributed by atoms with Crippen molar-refractivity contribution < 1.29 is 14.7 Å². The van der Waals surface area contributed by atoms with Gasteiger partial charge in [0.2, 0.25) is 5.91 Å². The lowest BCUT2D eigenvalue weighted by Gasteiger charge is -2.33. The molecule has 1 heterocycles. The fourth-order valence-corrected chi connectivity index (χ4v) is 2.43. The minimum atomic E-state index is -0.877. The Morgan fingerprint density at radius 3 is 2.72 bits per heavy atom. The number of carboxylic acid groups (broad SMARTS) is 1. The predicted molar refractivity (Wildman–Crippen MR) is 69.1 cm³/mol. The Bertz CT molecular complexity index is 294. The van der Waals surface area contributed by atoms with E-state index in [0.29, 0.717) is 31.8 Å². The first-order chi connectivity index (χ1) is 8.56. The Labute approximate surface area is 108 Å². The molecule has 1 unspecified atom stereocenters. The maximum Gasteiger partial charge on any atom is 0.326 e. The molecule has 5 heteroatoms. The molecule has 1 fully saturated rings. The van der Waals surface area contributed by atoms with Crippen LogP contribution < -0.4 is 5.73 Å². The number of piperidine rings is 1. The molecule has 0 saturated carbocycles. The lowest BCUT2D eigenvalue weighted by atomic mass is 9.98. The van der Waals surface area contributed by atoms with Gasteiger partial charge in [0.15, 0.2) is 0 Å². The van der Waals surface area contributed by atoms with Gasteiger partial charge >= 0.3 is 5.97 Å². The van der Waals surface area contributed by atoms with Crippen LogP contribution >= 0.6 is 0 Å². The summed E-state index contributed by atoms with van der Waals surface area (Å²) in [6, 6.07) is -0.615. The summed E-state index contributed by atoms with van der Waals surface area (Å²) in [5.74, 6) is -0.476. The number of aliphatic carboxylic acids is 1. The van der Waals surface area contributed by atoms with Crippen LogP contribution in [-0.4, -0.2) is 41.0 Å². The fraction of sp³-hybridized carbons (Fsp3) is 0.846. The minimum Gasteiger partial charge on any atom is -0.480 e. The molecule has 1 aliphatic rings. The third-order valence-electron chi connectivity index (χ3n) is 3.62. The van der Waals surface area contributed by atoms with Crippen LogP contribution in [0.1, 0.15) is 45.4 Å². The monoisotopic (exact) mass is 256 g/mol. The van der Waals surface area contributed by atoms with Crippen LogP contribution in [0.5, 0.6) is 0 Å². The van der Waals surface area contributed by atoms with Crippen LogP contribution in [0.3, 0.4) is 0 Å². The first-order valence-corrected chi connectivity index (χ1v) is 6.78. The second kappa shape index (κ2) is 7.36. The van der Waals surface area contributed by atoms with Crippen LogP contribution in [0.2, 0.25) is 0 Å². The third kappa shape index (κ3) is 4.29. The van der Waals surface area contributed by atoms with Gasteiger partial charge in [0.25, 0.3) is 0 Å². The number of hydrogen-bond donors (Lipinski definition) is 2. The number of likely N-dealkylation sites (tertiary alicyclic amines) is 1. The molecule has 0 aliphatic carbocycles. The van der Waals surface area contributed by atoms with Gasteiger partial charge in [0.05, 0.1) is 0 Å². The Kier molecular flexibility index (Phi) is 6.12. The number of carbonyl (C=O) groups is 2. The number of hydrogen-bond acceptors (Lipinski definition) is 3. The molecule has 0 radical (unpaired) electrons. The zero-order chi connectivity index (χ0) is 13.5. The second-order valence-electron chi connectivity index (χ2n) is 5.16. The van der Waals surface area contributed by atoms with Gasteiger partial charge in [-0.25, -0.2) is 4.79 Å². The molecule has 0 spiro atoms. The van der Waals surface area contributed by atoms with Gasteiger partial charge in [-0.2, -0.15) is 0 Å². The van der Waals surface area contributed by atoms with E-state index >= 15 is 0 Å². The van der Waals surface area contributed by atoms with Gasteiger partial charge in [-0.1, -0.05) is 6.92 Å². The van der Waals surface area contributed by atoms with Gasteiger partial charge in [-0.05, 0) is 44.6 Å². The molecule has 1 rings (SSSR count). The molecular formula is C13H24N2O3. The average Bonchev–Trinajstić information content (AvgIpc) is 2.36. The van der Waals surface area contributed by atoms with E-state index in [2.05, 4.69) is 6.92 Å². The summed E-state index contributed by atoms with van der Waals surface area (Å²) in [7, 11) is 0. The topological polar surface area (TPSA) is 83.6 Å². The molecule has 18 heavy (non-hydrogen) atoms. The van der Waals surface area contributed by atoms with Crippen molar-refractivity contribution in [1.82, 2.24) is 4.90 Å². The number of nitrogens with two attached hydrogens (primary N) is 1. The molecule has 2 atom stereocenters. The zero-order valence-electron chi connectivity index (χ0n) is 11.1. The van der Waals surface area contributed by atoms with Gasteiger partial charge in [-0.15, -0.1) is 0 Å². The SMILES string of the molecule is CC(CCN)CCC(=O)N1CCCC[C@@H]1C(=O)O. The Hall–Kier alpha value is -1.10. The standard InChI is InChI=1S/C13H24N2O3/c1-10(7-8-14)5-6-12(16)15-9-3-2-4-11(15)13(17)18/h10-11H,2-9,14H2,1H3,(H,17,18)/t10?,11-/m1/s1. The van der Waals surface area contributed by atoms with Crippen molar-refractivity contribution in [2.24, 2.45) is 11.7 Å². The number of carboxylic acids is 1. The Balaban J connectivity index is 2.45. The quantitative estimate of drug-likeness (QED) is 0.748. The number of carbonyl (C=O) groups excluding carboxylic acids is 1. The van der Waals surface area contributed by atoms with Crippen LogP contribution in [0.15, 0.2) is 0 Å². The minimum absolute atomic E-state index is 0.0222. The molecule has 5 nitrogen and oxygen atoms in total. The third-order valence-corrected chi connectivity index (χ3v) is 3.62. The summed E-state index contributed by atoms with van der Waals surface area (Å²) < 4.78 is 0. The molecule has 0 aromatic rings. The van der Waals surface area contributed by atoms with Crippen molar-refractivity contribution in [3.8, 4) is 0 Å². The lowest BCUT2D eigenvalue weighted by molar-refractivity contribution is -0.152. The van der Waals surface area contributed by atoms with E-state index in [4.69, 9.17) is 10.8 Å². The molecule has 1 amide bonds. The number of amides is 1. The normalized spacial score (nSPS) is 21.7. The molecule has 1 aliphatic heterocycles. The maximum absolute atomic E-state index is 12.1. The predicted octanol–water partition coefficient (Wildman–Crippen LogP) is 1.22. The van der Waals surface area contributed by atoms with Gasteiger partial charge < -0.3 is 15.7 Å². The van der Waals surface area contributed by atoms with Crippen molar-refractivity contribution in [3.63, 3.8) is 0 Å². The van der Waals surface area contributed by atoms with E-state index in [1.54, 1.807) is 4.90 Å². The molecule has 104 valence electrons. The molecular weight excluding hydrogens is 232 g/mol. The zero-order valence-corrected chi connectivity index (χ0v) is 11.1. The van der Waals surface area contributed by atoms with E-state index in [-0.39, 0.29) is 5.91 Å². The highest BCUT2D eigenvalue weighted by Gasteiger charge is 2.31. The van der Waals surface area contributed by atoms with E-state index < -0.39 is 12.0 Å². The van der Waals surface area contributed by atoms with Gasteiger partial charge in [0.1, 0.15) is 6.04 Å².